The summed E-state index contributed by atoms with van der Waals surface area (Å²) in [4.78, 5) is 34.7. The number of rotatable bonds is 3. The van der Waals surface area contributed by atoms with Crippen LogP contribution < -0.4 is 5.32 Å². The van der Waals surface area contributed by atoms with E-state index in [9.17, 15) is 24.8 Å². The average Bonchev–Trinajstić information content (AvgIpc) is 2.90. The number of hydrogen-bond acceptors (Lipinski definition) is 5. The molecular weight excluding hydrogens is 392 g/mol. The third-order valence-electron chi connectivity index (χ3n) is 3.83. The molecule has 25 heavy (non-hydrogen) atoms. The van der Waals surface area contributed by atoms with Crippen LogP contribution in [0.2, 0.25) is 0 Å². The van der Waals surface area contributed by atoms with Gasteiger partial charge in [-0.15, -0.1) is 0 Å². The van der Waals surface area contributed by atoms with E-state index in [1.807, 2.05) is 0 Å². The Morgan fingerprint density at radius 3 is 2.40 bits per heavy atom. The molecule has 2 aromatic rings. The number of Topliss-reactive ketones (excluding diaryl/α,β-unsaturated/α-hetero) is 1. The number of para-hydroxylation sites is 1. The van der Waals surface area contributed by atoms with Crippen LogP contribution in [0.25, 0.3) is 5.76 Å². The molecule has 2 N–H and O–H groups in total. The van der Waals surface area contributed by atoms with Crippen molar-refractivity contribution in [2.75, 3.05) is 0 Å². The largest absolute Gasteiger partial charge is 0.507 e. The molecule has 0 bridgehead atoms. The maximum atomic E-state index is 12.2. The quantitative estimate of drug-likeness (QED) is 0.269. The molecule has 8 heteroatoms. The van der Waals surface area contributed by atoms with Crippen molar-refractivity contribution in [3.8, 4) is 0 Å². The predicted octanol–water partition coefficient (Wildman–Crippen LogP) is 3.07. The van der Waals surface area contributed by atoms with Gasteiger partial charge in [-0.3, -0.25) is 19.7 Å². The summed E-state index contributed by atoms with van der Waals surface area (Å²) in [6.45, 7) is 0. The maximum Gasteiger partial charge on any atom is 0.293 e. The minimum Gasteiger partial charge on any atom is -0.507 e. The highest BCUT2D eigenvalue weighted by atomic mass is 79.9. The zero-order valence-corrected chi connectivity index (χ0v) is 14.2. The summed E-state index contributed by atoms with van der Waals surface area (Å²) in [5.41, 5.74) is 0.00206. The number of ketones is 1. The summed E-state index contributed by atoms with van der Waals surface area (Å²) in [7, 11) is 0. The van der Waals surface area contributed by atoms with E-state index in [2.05, 4.69) is 21.2 Å². The molecule has 0 aromatic heterocycles. The van der Waals surface area contributed by atoms with Crippen molar-refractivity contribution in [2.45, 2.75) is 6.04 Å². The summed E-state index contributed by atoms with van der Waals surface area (Å²) >= 11 is 3.27. The zero-order chi connectivity index (χ0) is 18.1. The van der Waals surface area contributed by atoms with E-state index in [4.69, 9.17) is 0 Å². The number of aliphatic hydroxyl groups excluding tert-OH is 1. The molecule has 1 atom stereocenters. The van der Waals surface area contributed by atoms with Crippen molar-refractivity contribution in [3.63, 3.8) is 0 Å². The Morgan fingerprint density at radius 2 is 1.76 bits per heavy atom. The van der Waals surface area contributed by atoms with Gasteiger partial charge in [0.15, 0.2) is 0 Å². The van der Waals surface area contributed by atoms with E-state index < -0.39 is 22.7 Å². The lowest BCUT2D eigenvalue weighted by atomic mass is 9.95. The Morgan fingerprint density at radius 1 is 1.12 bits per heavy atom. The first-order valence-corrected chi connectivity index (χ1v) is 7.97. The van der Waals surface area contributed by atoms with E-state index in [0.29, 0.717) is 5.56 Å². The Hall–Kier alpha value is -3.00. The highest BCUT2D eigenvalue weighted by Crippen LogP contribution is 2.36. The van der Waals surface area contributed by atoms with Crippen molar-refractivity contribution in [1.29, 1.82) is 0 Å². The first kappa shape index (κ1) is 16.8. The number of nitrogens with zero attached hydrogens (tertiary/aromatic N) is 1. The number of nitro benzene ring substituents is 1. The lowest BCUT2D eigenvalue weighted by Gasteiger charge is -2.13. The third kappa shape index (κ3) is 3.03. The van der Waals surface area contributed by atoms with E-state index >= 15 is 0 Å². The third-order valence-corrected chi connectivity index (χ3v) is 4.36. The fraction of sp³-hybridized carbons (Fsp3) is 0.0588. The zero-order valence-electron chi connectivity index (χ0n) is 12.6. The van der Waals surface area contributed by atoms with Crippen molar-refractivity contribution in [3.05, 3.63) is 79.8 Å². The molecule has 2 aromatic carbocycles. The van der Waals surface area contributed by atoms with E-state index in [-0.39, 0.29) is 22.6 Å². The minimum atomic E-state index is -1.09. The van der Waals surface area contributed by atoms with Gasteiger partial charge >= 0.3 is 0 Å². The molecule has 0 radical (unpaired) electrons. The van der Waals surface area contributed by atoms with E-state index in [0.717, 1.165) is 4.47 Å². The molecule has 1 aliphatic rings. The molecule has 1 aliphatic heterocycles. The van der Waals surface area contributed by atoms with Crippen LogP contribution >= 0.6 is 15.9 Å². The lowest BCUT2D eigenvalue weighted by molar-refractivity contribution is -0.385. The van der Waals surface area contributed by atoms with Gasteiger partial charge in [0.05, 0.1) is 22.1 Å². The fourth-order valence-electron chi connectivity index (χ4n) is 2.66. The summed E-state index contributed by atoms with van der Waals surface area (Å²) in [6.07, 6.45) is 0. The van der Waals surface area contributed by atoms with Gasteiger partial charge in [0, 0.05) is 16.1 Å². The molecule has 3 rings (SSSR count). The summed E-state index contributed by atoms with van der Waals surface area (Å²) in [5.74, 6) is -2.22. The number of benzene rings is 2. The molecule has 0 saturated carbocycles. The van der Waals surface area contributed by atoms with Gasteiger partial charge in [-0.2, -0.15) is 0 Å². The Balaban J connectivity index is 2.18. The number of halogens is 1. The average molecular weight is 403 g/mol. The first-order chi connectivity index (χ1) is 11.9. The number of aliphatic hydroxyl groups is 1. The highest BCUT2D eigenvalue weighted by Gasteiger charge is 2.42. The number of carbonyl (C=O) groups is 2. The summed E-state index contributed by atoms with van der Waals surface area (Å²) in [6, 6.07) is 11.1. The van der Waals surface area contributed by atoms with Gasteiger partial charge in [0.25, 0.3) is 17.4 Å². The molecule has 1 saturated heterocycles. The molecule has 7 nitrogen and oxygen atoms in total. The molecule has 126 valence electrons. The van der Waals surface area contributed by atoms with E-state index in [1.165, 1.54) is 18.2 Å². The SMILES string of the molecule is O=C1N[C@@H](c2ccccc2[N+](=O)[O-])/C(=C(\O)c2ccc(Br)cc2)C1=O. The normalized spacial score (nSPS) is 18.8. The van der Waals surface area contributed by atoms with Crippen molar-refractivity contribution < 1.29 is 19.6 Å². The molecule has 1 amide bonds. The molecule has 0 spiro atoms. The number of hydrogen-bond donors (Lipinski definition) is 2. The Kier molecular flexibility index (Phi) is 4.37. The Bertz CT molecular complexity index is 921. The number of nitrogens with one attached hydrogen (secondary N) is 1. The van der Waals surface area contributed by atoms with Crippen molar-refractivity contribution in [2.24, 2.45) is 0 Å². The number of amides is 1. The van der Waals surface area contributed by atoms with Crippen LogP contribution in [-0.4, -0.2) is 21.7 Å². The van der Waals surface area contributed by atoms with Gasteiger partial charge in [-0.05, 0) is 18.2 Å². The Labute approximate surface area is 150 Å². The van der Waals surface area contributed by atoms with Gasteiger partial charge in [-0.25, -0.2) is 0 Å². The van der Waals surface area contributed by atoms with Gasteiger partial charge in [-0.1, -0.05) is 40.2 Å². The fourth-order valence-corrected chi connectivity index (χ4v) is 2.93. The predicted molar refractivity (Wildman–Crippen MR) is 92.7 cm³/mol. The molecular formula is C17H11BrN2O5. The smallest absolute Gasteiger partial charge is 0.293 e. The van der Waals surface area contributed by atoms with E-state index in [1.54, 1.807) is 30.3 Å². The lowest BCUT2D eigenvalue weighted by Crippen LogP contribution is -2.21. The highest BCUT2D eigenvalue weighted by molar-refractivity contribution is 9.10. The standard InChI is InChI=1S/C17H11BrN2O5/c18-10-7-5-9(6-8-10)15(21)13-14(19-17(23)16(13)22)11-3-1-2-4-12(11)20(24)25/h1-8,14,21H,(H,19,23)/b15-13+/t14-/m0/s1. The molecule has 0 unspecified atom stereocenters. The van der Waals surface area contributed by atoms with Gasteiger partial charge in [0.1, 0.15) is 5.76 Å². The van der Waals surface area contributed by atoms with Crippen LogP contribution in [0.4, 0.5) is 5.69 Å². The molecule has 0 aliphatic carbocycles. The van der Waals surface area contributed by atoms with Crippen LogP contribution in [0.3, 0.4) is 0 Å². The first-order valence-electron chi connectivity index (χ1n) is 7.17. The van der Waals surface area contributed by atoms with Crippen LogP contribution in [0.15, 0.2) is 58.6 Å². The van der Waals surface area contributed by atoms with Gasteiger partial charge in [0.2, 0.25) is 0 Å². The maximum absolute atomic E-state index is 12.2. The minimum absolute atomic E-state index is 0.130. The van der Waals surface area contributed by atoms with Crippen LogP contribution in [0, 0.1) is 10.1 Å². The van der Waals surface area contributed by atoms with Gasteiger partial charge < -0.3 is 10.4 Å². The second kappa shape index (κ2) is 6.48. The number of nitro groups is 1. The van der Waals surface area contributed by atoms with Crippen LogP contribution in [0.1, 0.15) is 17.2 Å². The van der Waals surface area contributed by atoms with Crippen LogP contribution in [0.5, 0.6) is 0 Å². The monoisotopic (exact) mass is 402 g/mol. The number of carbonyl (C=O) groups excluding carboxylic acids is 2. The second-order valence-corrected chi connectivity index (χ2v) is 6.24. The molecule has 1 fully saturated rings. The summed E-state index contributed by atoms with van der Waals surface area (Å²) < 4.78 is 0.774. The van der Waals surface area contributed by atoms with Crippen molar-refractivity contribution in [1.82, 2.24) is 5.32 Å². The molecule has 1 heterocycles. The topological polar surface area (TPSA) is 110 Å². The second-order valence-electron chi connectivity index (χ2n) is 5.32. The van der Waals surface area contributed by atoms with Crippen LogP contribution in [-0.2, 0) is 9.59 Å². The van der Waals surface area contributed by atoms with Crippen molar-refractivity contribution >= 4 is 39.1 Å². The summed E-state index contributed by atoms with van der Waals surface area (Å²) in [5, 5.41) is 24.2.